The molecule has 164 valence electrons. The second kappa shape index (κ2) is 9.99. The first-order valence-corrected chi connectivity index (χ1v) is 11.5. The van der Waals surface area contributed by atoms with Crippen LogP contribution in [0.25, 0.3) is 11.1 Å². The van der Waals surface area contributed by atoms with Crippen molar-refractivity contribution in [1.29, 1.82) is 0 Å². The van der Waals surface area contributed by atoms with Crippen LogP contribution in [0.5, 0.6) is 0 Å². The minimum atomic E-state index is -0.990. The Balaban J connectivity index is 1.37. The molecule has 0 aliphatic heterocycles. The molecule has 0 saturated heterocycles. The summed E-state index contributed by atoms with van der Waals surface area (Å²) >= 11 is 0. The number of nitrogens with one attached hydrogen (secondary N) is 1. The number of carbonyl (C=O) groups excluding carboxylic acids is 1. The Morgan fingerprint density at radius 3 is 2.03 bits per heavy atom. The lowest BCUT2D eigenvalue weighted by Crippen LogP contribution is -2.42. The molecule has 2 aliphatic carbocycles. The first kappa shape index (κ1) is 21.4. The predicted octanol–water partition coefficient (Wildman–Crippen LogP) is 5.73. The molecule has 4 rings (SSSR count). The van der Waals surface area contributed by atoms with E-state index >= 15 is 0 Å². The third kappa shape index (κ3) is 5.09. The number of rotatable bonds is 6. The van der Waals surface area contributed by atoms with Gasteiger partial charge in [0.25, 0.3) is 0 Å². The highest BCUT2D eigenvalue weighted by Gasteiger charge is 2.30. The van der Waals surface area contributed by atoms with Gasteiger partial charge < -0.3 is 15.2 Å². The topological polar surface area (TPSA) is 75.6 Å². The van der Waals surface area contributed by atoms with Crippen LogP contribution in [0.4, 0.5) is 4.79 Å². The number of carbonyl (C=O) groups is 2. The van der Waals surface area contributed by atoms with Gasteiger partial charge in [-0.05, 0) is 34.6 Å². The highest BCUT2D eigenvalue weighted by molar-refractivity contribution is 5.81. The van der Waals surface area contributed by atoms with Crippen LogP contribution in [0.3, 0.4) is 0 Å². The lowest BCUT2D eigenvalue weighted by atomic mass is 9.86. The second-order valence-electron chi connectivity index (χ2n) is 8.81. The van der Waals surface area contributed by atoms with Gasteiger partial charge in [-0.25, -0.2) is 9.59 Å². The molecule has 5 heteroatoms. The summed E-state index contributed by atoms with van der Waals surface area (Å²) in [6.07, 6.45) is 7.88. The van der Waals surface area contributed by atoms with Crippen LogP contribution in [0.2, 0.25) is 0 Å². The summed E-state index contributed by atoms with van der Waals surface area (Å²) in [6.45, 7) is 0.190. The van der Waals surface area contributed by atoms with Gasteiger partial charge in [0.05, 0.1) is 0 Å². The molecular weight excluding hydrogens is 390 g/mol. The first-order valence-electron chi connectivity index (χ1n) is 11.5. The van der Waals surface area contributed by atoms with Crippen LogP contribution in [0.1, 0.15) is 68.4 Å². The molecule has 1 atom stereocenters. The van der Waals surface area contributed by atoms with Crippen molar-refractivity contribution in [3.63, 3.8) is 0 Å². The van der Waals surface area contributed by atoms with Crippen LogP contribution < -0.4 is 5.32 Å². The smallest absolute Gasteiger partial charge is 0.407 e. The zero-order valence-electron chi connectivity index (χ0n) is 17.9. The molecule has 0 bridgehead atoms. The SMILES string of the molecule is O=C(N[C@@H](CC1CCCCCCC1)C(=O)O)OCC1c2ccccc2-c2ccccc21. The molecule has 2 aromatic rings. The number of fused-ring (bicyclic) bond motifs is 3. The van der Waals surface area contributed by atoms with E-state index in [4.69, 9.17) is 4.74 Å². The molecule has 2 N–H and O–H groups in total. The molecular formula is C26H31NO4. The number of carboxylic acids is 1. The zero-order chi connectivity index (χ0) is 21.6. The Labute approximate surface area is 183 Å². The highest BCUT2D eigenvalue weighted by atomic mass is 16.5. The number of alkyl carbamates (subject to hydrolysis) is 1. The van der Waals surface area contributed by atoms with Crippen LogP contribution in [-0.2, 0) is 9.53 Å². The lowest BCUT2D eigenvalue weighted by Gasteiger charge is -2.23. The van der Waals surface area contributed by atoms with E-state index in [1.165, 1.54) is 30.4 Å². The van der Waals surface area contributed by atoms with Crippen molar-refractivity contribution in [3.8, 4) is 11.1 Å². The molecule has 31 heavy (non-hydrogen) atoms. The molecule has 0 spiro atoms. The molecule has 0 radical (unpaired) electrons. The molecule has 2 aliphatic rings. The predicted molar refractivity (Wildman–Crippen MR) is 120 cm³/mol. The van der Waals surface area contributed by atoms with Gasteiger partial charge in [0.2, 0.25) is 0 Å². The Morgan fingerprint density at radius 1 is 0.903 bits per heavy atom. The highest BCUT2D eigenvalue weighted by Crippen LogP contribution is 2.44. The number of aliphatic carboxylic acids is 1. The van der Waals surface area contributed by atoms with Crippen LogP contribution in [-0.4, -0.2) is 29.8 Å². The van der Waals surface area contributed by atoms with Crippen molar-refractivity contribution >= 4 is 12.1 Å². The van der Waals surface area contributed by atoms with Crippen molar-refractivity contribution in [2.75, 3.05) is 6.61 Å². The summed E-state index contributed by atoms with van der Waals surface area (Å²) < 4.78 is 5.54. The number of ether oxygens (including phenoxy) is 1. The first-order chi connectivity index (χ1) is 15.1. The maximum absolute atomic E-state index is 12.5. The number of hydrogen-bond acceptors (Lipinski definition) is 3. The van der Waals surface area contributed by atoms with E-state index in [0.29, 0.717) is 12.3 Å². The molecule has 5 nitrogen and oxygen atoms in total. The van der Waals surface area contributed by atoms with Gasteiger partial charge in [0.1, 0.15) is 12.6 Å². The number of amides is 1. The van der Waals surface area contributed by atoms with Gasteiger partial charge in [-0.1, -0.05) is 93.5 Å². The zero-order valence-corrected chi connectivity index (χ0v) is 17.9. The van der Waals surface area contributed by atoms with E-state index in [2.05, 4.69) is 29.6 Å². The number of carboxylic acid groups (broad SMARTS) is 1. The molecule has 1 amide bonds. The second-order valence-corrected chi connectivity index (χ2v) is 8.81. The van der Waals surface area contributed by atoms with Gasteiger partial charge >= 0.3 is 12.1 Å². The van der Waals surface area contributed by atoms with E-state index in [1.54, 1.807) is 0 Å². The standard InChI is InChI=1S/C26H31NO4/c28-25(29)24(16-18-10-4-2-1-3-5-11-18)27-26(30)31-17-23-21-14-8-6-12-19(21)20-13-7-9-15-22(20)23/h6-9,12-15,18,23-24H,1-5,10-11,16-17H2,(H,27,30)(H,28,29)/t24-/m0/s1. The summed E-state index contributed by atoms with van der Waals surface area (Å²) in [7, 11) is 0. The summed E-state index contributed by atoms with van der Waals surface area (Å²) in [5.74, 6) is -0.683. The molecule has 1 saturated carbocycles. The quantitative estimate of drug-likeness (QED) is 0.625. The summed E-state index contributed by atoms with van der Waals surface area (Å²) in [4.78, 5) is 24.3. The Hall–Kier alpha value is -2.82. The Kier molecular flexibility index (Phi) is 6.90. The molecule has 0 unspecified atom stereocenters. The third-order valence-corrected chi connectivity index (χ3v) is 6.73. The number of hydrogen-bond donors (Lipinski definition) is 2. The van der Waals surface area contributed by atoms with Gasteiger partial charge in [-0.15, -0.1) is 0 Å². The minimum Gasteiger partial charge on any atom is -0.480 e. The normalized spacial score (nSPS) is 17.7. The van der Waals surface area contributed by atoms with E-state index in [-0.39, 0.29) is 12.5 Å². The van der Waals surface area contributed by atoms with Crippen molar-refractivity contribution in [1.82, 2.24) is 5.32 Å². The molecule has 1 fully saturated rings. The van der Waals surface area contributed by atoms with E-state index in [0.717, 1.165) is 36.8 Å². The molecule has 0 heterocycles. The summed E-state index contributed by atoms with van der Waals surface area (Å²) in [6, 6.07) is 15.4. The minimum absolute atomic E-state index is 0.0352. The van der Waals surface area contributed by atoms with Crippen molar-refractivity contribution in [2.24, 2.45) is 5.92 Å². The molecule has 0 aromatic heterocycles. The fraction of sp³-hybridized carbons (Fsp3) is 0.462. The third-order valence-electron chi connectivity index (χ3n) is 6.73. The number of benzene rings is 2. The van der Waals surface area contributed by atoms with E-state index in [9.17, 15) is 14.7 Å². The van der Waals surface area contributed by atoms with Gasteiger partial charge in [0.15, 0.2) is 0 Å². The summed E-state index contributed by atoms with van der Waals surface area (Å²) in [5.41, 5.74) is 4.61. The van der Waals surface area contributed by atoms with Crippen molar-refractivity contribution < 1.29 is 19.4 Å². The van der Waals surface area contributed by atoms with Gasteiger partial charge in [-0.2, -0.15) is 0 Å². The van der Waals surface area contributed by atoms with E-state index in [1.807, 2.05) is 24.3 Å². The van der Waals surface area contributed by atoms with Crippen molar-refractivity contribution in [3.05, 3.63) is 59.7 Å². The summed E-state index contributed by atoms with van der Waals surface area (Å²) in [5, 5.41) is 12.3. The largest absolute Gasteiger partial charge is 0.480 e. The maximum atomic E-state index is 12.5. The maximum Gasteiger partial charge on any atom is 0.407 e. The monoisotopic (exact) mass is 421 g/mol. The van der Waals surface area contributed by atoms with Gasteiger partial charge in [0, 0.05) is 5.92 Å². The fourth-order valence-electron chi connectivity index (χ4n) is 5.11. The van der Waals surface area contributed by atoms with Gasteiger partial charge in [-0.3, -0.25) is 0 Å². The van der Waals surface area contributed by atoms with Crippen LogP contribution in [0, 0.1) is 5.92 Å². The average Bonchev–Trinajstić information content (AvgIpc) is 3.07. The molecule has 2 aromatic carbocycles. The Morgan fingerprint density at radius 2 is 1.45 bits per heavy atom. The fourth-order valence-corrected chi connectivity index (χ4v) is 5.11. The Bertz CT molecular complexity index is 872. The lowest BCUT2D eigenvalue weighted by molar-refractivity contribution is -0.139. The van der Waals surface area contributed by atoms with Crippen LogP contribution >= 0.6 is 0 Å². The van der Waals surface area contributed by atoms with E-state index < -0.39 is 18.1 Å². The van der Waals surface area contributed by atoms with Crippen molar-refractivity contribution in [2.45, 2.75) is 63.3 Å². The average molecular weight is 422 g/mol. The van der Waals surface area contributed by atoms with Crippen LogP contribution in [0.15, 0.2) is 48.5 Å².